The number of para-hydroxylation sites is 2. The van der Waals surface area contributed by atoms with Crippen molar-refractivity contribution in [2.75, 3.05) is 0 Å². The minimum atomic E-state index is -3.77. The summed E-state index contributed by atoms with van der Waals surface area (Å²) in [6.07, 6.45) is 0. The summed E-state index contributed by atoms with van der Waals surface area (Å²) in [6, 6.07) is 10.5. The molecular weight excluding hydrogens is 312 g/mol. The molecule has 1 aliphatic heterocycles. The first-order valence-electron chi connectivity index (χ1n) is 6.18. The van der Waals surface area contributed by atoms with Crippen molar-refractivity contribution < 1.29 is 22.3 Å². The van der Waals surface area contributed by atoms with E-state index in [0.717, 1.165) is 0 Å². The van der Waals surface area contributed by atoms with E-state index in [0.29, 0.717) is 11.3 Å². The minimum absolute atomic E-state index is 0.0613. The Balaban J connectivity index is 1.91. The Kier molecular flexibility index (Phi) is 3.43. The van der Waals surface area contributed by atoms with Gasteiger partial charge in [0.25, 0.3) is 0 Å². The fraction of sp³-hybridized carbons (Fsp3) is 0.0769. The number of ether oxygens (including phenoxy) is 1. The number of nitro benzene ring substituents is 1. The van der Waals surface area contributed by atoms with Gasteiger partial charge >= 0.3 is 16.0 Å². The summed E-state index contributed by atoms with van der Waals surface area (Å²) in [6.45, 7) is 0.0613. The van der Waals surface area contributed by atoms with E-state index in [1.807, 2.05) is 0 Å². The second-order valence-corrected chi connectivity index (χ2v) is 5.82. The average molecular weight is 322 g/mol. The Labute approximate surface area is 125 Å². The summed E-state index contributed by atoms with van der Waals surface area (Å²) >= 11 is 0. The molecule has 0 bridgehead atoms. The van der Waals surface area contributed by atoms with E-state index >= 15 is 0 Å². The van der Waals surface area contributed by atoms with Crippen LogP contribution < -0.4 is 13.6 Å². The minimum Gasteiger partial charge on any atom is -0.450 e. The third-order valence-electron chi connectivity index (χ3n) is 2.96. The van der Waals surface area contributed by atoms with Gasteiger partial charge in [0.15, 0.2) is 0 Å². The van der Waals surface area contributed by atoms with Crippen LogP contribution in [0.3, 0.4) is 0 Å². The number of nitrogens with zero attached hydrogens (tertiary/aromatic N) is 1. The Morgan fingerprint density at radius 2 is 2.00 bits per heavy atom. The zero-order valence-electron chi connectivity index (χ0n) is 11.1. The molecule has 3 rings (SSSR count). The topological polar surface area (TPSA) is 108 Å². The molecular formula is C13H10N2O6S. The van der Waals surface area contributed by atoms with Crippen molar-refractivity contribution in [1.29, 1.82) is 0 Å². The molecule has 2 aromatic rings. The number of benzene rings is 2. The van der Waals surface area contributed by atoms with Crippen LogP contribution in [-0.2, 0) is 16.8 Å². The average Bonchev–Trinajstić information content (AvgIpc) is 2.47. The molecule has 1 heterocycles. The largest absolute Gasteiger partial charge is 0.450 e. The zero-order chi connectivity index (χ0) is 15.7. The van der Waals surface area contributed by atoms with Crippen molar-refractivity contribution >= 4 is 16.0 Å². The van der Waals surface area contributed by atoms with Crippen LogP contribution in [0.1, 0.15) is 5.56 Å². The maximum Gasteiger partial charge on any atom is 0.382 e. The van der Waals surface area contributed by atoms with Gasteiger partial charge in [-0.2, -0.15) is 13.1 Å². The molecule has 9 heteroatoms. The number of fused-ring (bicyclic) bond motifs is 1. The summed E-state index contributed by atoms with van der Waals surface area (Å²) in [5.74, 6) is 0.649. The van der Waals surface area contributed by atoms with Gasteiger partial charge in [-0.25, -0.2) is 0 Å². The van der Waals surface area contributed by atoms with Crippen LogP contribution in [0.4, 0.5) is 5.69 Å². The molecule has 1 aliphatic rings. The van der Waals surface area contributed by atoms with E-state index in [4.69, 9.17) is 8.92 Å². The summed E-state index contributed by atoms with van der Waals surface area (Å²) in [5, 5.41) is 10.9. The van der Waals surface area contributed by atoms with E-state index in [1.165, 1.54) is 24.3 Å². The van der Waals surface area contributed by atoms with Gasteiger partial charge in [-0.3, -0.25) is 10.1 Å². The Bertz CT molecular complexity index is 849. The maximum atomic E-state index is 11.3. The highest BCUT2D eigenvalue weighted by Gasteiger charge is 2.22. The molecule has 0 fully saturated rings. The van der Waals surface area contributed by atoms with Crippen LogP contribution in [-0.4, -0.2) is 13.3 Å². The number of hydrogen-bond acceptors (Lipinski definition) is 6. The van der Waals surface area contributed by atoms with Gasteiger partial charge in [0.1, 0.15) is 11.5 Å². The number of nitrogens with one attached hydrogen (secondary N) is 1. The predicted octanol–water partition coefficient (Wildman–Crippen LogP) is 2.11. The molecule has 8 nitrogen and oxygen atoms in total. The first-order chi connectivity index (χ1) is 10.4. The van der Waals surface area contributed by atoms with Crippen molar-refractivity contribution in [2.24, 2.45) is 0 Å². The van der Waals surface area contributed by atoms with E-state index in [2.05, 4.69) is 4.72 Å². The summed E-state index contributed by atoms with van der Waals surface area (Å²) in [5.41, 5.74) is 0.420. The monoisotopic (exact) mass is 322 g/mol. The van der Waals surface area contributed by atoms with E-state index in [9.17, 15) is 18.5 Å². The first-order valence-corrected chi connectivity index (χ1v) is 7.59. The van der Waals surface area contributed by atoms with Gasteiger partial charge in [-0.05, 0) is 24.3 Å². The summed E-state index contributed by atoms with van der Waals surface area (Å²) in [4.78, 5) is 10.4. The van der Waals surface area contributed by atoms with Gasteiger partial charge in [-0.1, -0.05) is 12.1 Å². The third kappa shape index (κ3) is 2.85. The first kappa shape index (κ1) is 14.3. The third-order valence-corrected chi connectivity index (χ3v) is 3.86. The predicted molar refractivity (Wildman–Crippen MR) is 76.0 cm³/mol. The van der Waals surface area contributed by atoms with Gasteiger partial charge in [0.05, 0.1) is 4.92 Å². The second kappa shape index (κ2) is 5.28. The normalized spacial score (nSPS) is 15.5. The highest BCUT2D eigenvalue weighted by molar-refractivity contribution is 7.85. The summed E-state index contributed by atoms with van der Waals surface area (Å²) < 4.78 is 35.1. The van der Waals surface area contributed by atoms with Crippen LogP contribution >= 0.6 is 0 Å². The number of rotatable bonds is 3. The second-order valence-electron chi connectivity index (χ2n) is 4.45. The van der Waals surface area contributed by atoms with Crippen LogP contribution in [0.5, 0.6) is 17.2 Å². The van der Waals surface area contributed by atoms with Gasteiger partial charge in [0.2, 0.25) is 5.75 Å². The molecule has 0 saturated heterocycles. The van der Waals surface area contributed by atoms with Crippen LogP contribution in [0.25, 0.3) is 0 Å². The van der Waals surface area contributed by atoms with Crippen molar-refractivity contribution in [1.82, 2.24) is 4.72 Å². The molecule has 2 aromatic carbocycles. The molecule has 22 heavy (non-hydrogen) atoms. The van der Waals surface area contributed by atoms with Crippen molar-refractivity contribution in [3.05, 3.63) is 58.1 Å². The fourth-order valence-electron chi connectivity index (χ4n) is 1.97. The quantitative estimate of drug-likeness (QED) is 0.685. The highest BCUT2D eigenvalue weighted by Crippen LogP contribution is 2.34. The van der Waals surface area contributed by atoms with Crippen LogP contribution in [0.2, 0.25) is 0 Å². The molecule has 114 valence electrons. The molecule has 0 aromatic heterocycles. The lowest BCUT2D eigenvalue weighted by molar-refractivity contribution is -0.385. The molecule has 0 radical (unpaired) electrons. The molecule has 0 aliphatic carbocycles. The van der Waals surface area contributed by atoms with Crippen molar-refractivity contribution in [3.63, 3.8) is 0 Å². The Morgan fingerprint density at radius 3 is 2.77 bits per heavy atom. The molecule has 0 amide bonds. The molecule has 0 atom stereocenters. The lowest BCUT2D eigenvalue weighted by Crippen LogP contribution is -2.32. The highest BCUT2D eigenvalue weighted by atomic mass is 32.2. The Morgan fingerprint density at radius 1 is 1.23 bits per heavy atom. The van der Waals surface area contributed by atoms with Crippen molar-refractivity contribution in [2.45, 2.75) is 6.54 Å². The zero-order valence-corrected chi connectivity index (χ0v) is 11.9. The molecule has 0 saturated carbocycles. The molecule has 0 unspecified atom stereocenters. The van der Waals surface area contributed by atoms with Crippen molar-refractivity contribution in [3.8, 4) is 17.2 Å². The number of hydrogen-bond donors (Lipinski definition) is 1. The van der Waals surface area contributed by atoms with E-state index < -0.39 is 15.2 Å². The standard InChI is InChI=1S/C13H10N2O6S/c16-15(17)11-3-1-2-4-13(11)20-10-5-6-12-9(7-10)8-14-22(18,19)21-12/h1-7,14H,8H2. The van der Waals surface area contributed by atoms with Gasteiger partial charge < -0.3 is 8.92 Å². The number of nitro groups is 1. The fourth-order valence-corrected chi connectivity index (χ4v) is 2.76. The Hall–Kier alpha value is -2.65. The summed E-state index contributed by atoms with van der Waals surface area (Å²) in [7, 11) is -3.77. The maximum absolute atomic E-state index is 11.3. The van der Waals surface area contributed by atoms with E-state index in [-0.39, 0.29) is 23.7 Å². The smallest absolute Gasteiger partial charge is 0.382 e. The SMILES string of the molecule is O=[N+]([O-])c1ccccc1Oc1ccc2c(c1)CNS(=O)(=O)O2. The van der Waals surface area contributed by atoms with E-state index in [1.54, 1.807) is 18.2 Å². The lowest BCUT2D eigenvalue weighted by atomic mass is 10.2. The van der Waals surface area contributed by atoms with Crippen LogP contribution in [0.15, 0.2) is 42.5 Å². The lowest BCUT2D eigenvalue weighted by Gasteiger charge is -2.18. The van der Waals surface area contributed by atoms with Crippen LogP contribution in [0, 0.1) is 10.1 Å². The van der Waals surface area contributed by atoms with Gasteiger partial charge in [-0.15, -0.1) is 0 Å². The van der Waals surface area contributed by atoms with Gasteiger partial charge in [0, 0.05) is 18.2 Å². The molecule has 1 N–H and O–H groups in total. The molecule has 0 spiro atoms.